The molecule has 0 saturated heterocycles. The Morgan fingerprint density at radius 3 is 2.48 bits per heavy atom. The topological polar surface area (TPSA) is 103 Å². The molecule has 0 unspecified atom stereocenters. The standard InChI is InChI=1S/C25H42N4O3S/c1-9-10-19(13-14-32-33(7,8)25(3,4)5)28-23-21(17(2)27-24(26)29-23)15-18-11-12-20(30)16-22(18)31-6/h11-12,16,19,30H,9-10,13-15H2,1-8H3,(H3,26,27,28,29)/t19-/m0/s1. The number of nitrogens with two attached hydrogens (primary N) is 1. The Bertz CT molecular complexity index is 929. The van der Waals surface area contributed by atoms with Crippen molar-refractivity contribution in [2.24, 2.45) is 0 Å². The van der Waals surface area contributed by atoms with E-state index in [2.05, 4.69) is 55.5 Å². The average Bonchev–Trinajstić information content (AvgIpc) is 2.70. The second kappa shape index (κ2) is 11.3. The van der Waals surface area contributed by atoms with Crippen LogP contribution in [-0.2, 0) is 10.6 Å². The van der Waals surface area contributed by atoms with Crippen LogP contribution in [0.3, 0.4) is 0 Å². The first-order valence-corrected chi connectivity index (χ1v) is 13.9. The fourth-order valence-electron chi connectivity index (χ4n) is 3.42. The first-order chi connectivity index (χ1) is 15.4. The molecular formula is C25H42N4O3S. The quantitative estimate of drug-likeness (QED) is 0.395. The van der Waals surface area contributed by atoms with Crippen LogP contribution in [0.25, 0.3) is 0 Å². The third-order valence-corrected chi connectivity index (χ3v) is 9.87. The molecule has 2 aromatic rings. The maximum absolute atomic E-state index is 9.80. The Hall–Kier alpha value is -2.19. The smallest absolute Gasteiger partial charge is 0.222 e. The summed E-state index contributed by atoms with van der Waals surface area (Å²) >= 11 is 0. The van der Waals surface area contributed by atoms with Crippen LogP contribution in [0.5, 0.6) is 11.5 Å². The summed E-state index contributed by atoms with van der Waals surface area (Å²) in [6.45, 7) is 11.5. The highest BCUT2D eigenvalue weighted by molar-refractivity contribution is 8.29. The molecule has 1 aromatic carbocycles. The maximum Gasteiger partial charge on any atom is 0.222 e. The zero-order chi connectivity index (χ0) is 24.8. The van der Waals surface area contributed by atoms with Gasteiger partial charge in [0.1, 0.15) is 17.3 Å². The van der Waals surface area contributed by atoms with Gasteiger partial charge in [-0.05, 0) is 43.9 Å². The zero-order valence-corrected chi connectivity index (χ0v) is 22.3. The minimum absolute atomic E-state index is 0.134. The lowest BCUT2D eigenvalue weighted by Crippen LogP contribution is -2.28. The molecule has 1 atom stereocenters. The van der Waals surface area contributed by atoms with E-state index in [0.717, 1.165) is 41.9 Å². The lowest BCUT2D eigenvalue weighted by molar-refractivity contribution is 0.326. The van der Waals surface area contributed by atoms with Crippen molar-refractivity contribution in [1.29, 1.82) is 0 Å². The van der Waals surface area contributed by atoms with Crippen LogP contribution in [0, 0.1) is 6.92 Å². The van der Waals surface area contributed by atoms with Gasteiger partial charge in [0.2, 0.25) is 5.95 Å². The van der Waals surface area contributed by atoms with Gasteiger partial charge in [-0.3, -0.25) is 0 Å². The number of methoxy groups -OCH3 is 1. The van der Waals surface area contributed by atoms with Crippen LogP contribution in [-0.4, -0.2) is 52.1 Å². The van der Waals surface area contributed by atoms with Crippen molar-refractivity contribution in [3.05, 3.63) is 35.0 Å². The van der Waals surface area contributed by atoms with E-state index in [9.17, 15) is 5.11 Å². The molecule has 33 heavy (non-hydrogen) atoms. The van der Waals surface area contributed by atoms with Crippen molar-refractivity contribution in [1.82, 2.24) is 9.97 Å². The van der Waals surface area contributed by atoms with E-state index in [1.807, 2.05) is 13.0 Å². The fraction of sp³-hybridized carbons (Fsp3) is 0.600. The highest BCUT2D eigenvalue weighted by atomic mass is 32.3. The summed E-state index contributed by atoms with van der Waals surface area (Å²) in [7, 11) is 0.437. The van der Waals surface area contributed by atoms with Crippen LogP contribution < -0.4 is 15.8 Å². The molecule has 0 bridgehead atoms. The van der Waals surface area contributed by atoms with Crippen molar-refractivity contribution in [3.8, 4) is 11.5 Å². The highest BCUT2D eigenvalue weighted by Gasteiger charge is 2.29. The number of benzene rings is 1. The van der Waals surface area contributed by atoms with Crippen molar-refractivity contribution in [3.63, 3.8) is 0 Å². The first-order valence-electron chi connectivity index (χ1n) is 11.5. The molecule has 1 heterocycles. The summed E-state index contributed by atoms with van der Waals surface area (Å²) in [5, 5.41) is 13.4. The third kappa shape index (κ3) is 7.40. The van der Waals surface area contributed by atoms with Gasteiger partial charge in [-0.15, -0.1) is 10.3 Å². The molecule has 1 aromatic heterocycles. The number of hydrogen-bond acceptors (Lipinski definition) is 7. The molecule has 0 amide bonds. The van der Waals surface area contributed by atoms with Crippen LogP contribution in [0.2, 0.25) is 0 Å². The SMILES string of the molecule is CCC[C@@H](CCOS(C)(C)C(C)(C)C)Nc1nc(N)nc(C)c1Cc1ccc(O)cc1OC. The van der Waals surface area contributed by atoms with E-state index >= 15 is 0 Å². The summed E-state index contributed by atoms with van der Waals surface area (Å²) in [5.74, 6) is 1.79. The van der Waals surface area contributed by atoms with Crippen LogP contribution in [0.4, 0.5) is 11.8 Å². The third-order valence-electron chi connectivity index (χ3n) is 6.17. The van der Waals surface area contributed by atoms with Crippen molar-refractivity contribution < 1.29 is 14.0 Å². The Morgan fingerprint density at radius 1 is 1.18 bits per heavy atom. The summed E-state index contributed by atoms with van der Waals surface area (Å²) in [5.41, 5.74) is 8.75. The highest BCUT2D eigenvalue weighted by Crippen LogP contribution is 2.53. The number of nitrogens with zero attached hydrogens (tertiary/aromatic N) is 2. The van der Waals surface area contributed by atoms with Gasteiger partial charge in [-0.1, -0.05) is 40.2 Å². The number of nitrogen functional groups attached to an aromatic ring is 1. The number of anilines is 2. The molecule has 0 saturated carbocycles. The van der Waals surface area contributed by atoms with Crippen LogP contribution in [0.1, 0.15) is 63.8 Å². The van der Waals surface area contributed by atoms with Crippen molar-refractivity contribution in [2.45, 2.75) is 71.1 Å². The van der Waals surface area contributed by atoms with Crippen LogP contribution in [0.15, 0.2) is 18.2 Å². The zero-order valence-electron chi connectivity index (χ0n) is 21.5. The second-order valence-corrected chi connectivity index (χ2v) is 13.7. The number of phenolic OH excluding ortho intramolecular Hbond substituents is 1. The molecule has 4 N–H and O–H groups in total. The molecular weight excluding hydrogens is 436 g/mol. The predicted molar refractivity (Wildman–Crippen MR) is 141 cm³/mol. The lowest BCUT2D eigenvalue weighted by atomic mass is 10.0. The summed E-state index contributed by atoms with van der Waals surface area (Å²) in [6.07, 6.45) is 7.95. The van der Waals surface area contributed by atoms with E-state index < -0.39 is 10.3 Å². The van der Waals surface area contributed by atoms with E-state index in [1.54, 1.807) is 19.2 Å². The Morgan fingerprint density at radius 2 is 1.88 bits per heavy atom. The van der Waals surface area contributed by atoms with E-state index in [1.165, 1.54) is 0 Å². The van der Waals surface area contributed by atoms with E-state index in [4.69, 9.17) is 14.7 Å². The van der Waals surface area contributed by atoms with Crippen LogP contribution >= 0.6 is 10.3 Å². The second-order valence-electron chi connectivity index (χ2n) is 9.75. The Labute approximate surface area is 201 Å². The summed E-state index contributed by atoms with van der Waals surface area (Å²) in [4.78, 5) is 8.94. The van der Waals surface area contributed by atoms with Gasteiger partial charge in [0, 0.05) is 34.5 Å². The van der Waals surface area contributed by atoms with Gasteiger partial charge in [0.25, 0.3) is 0 Å². The van der Waals surface area contributed by atoms with Gasteiger partial charge in [-0.25, -0.2) is 4.98 Å². The van der Waals surface area contributed by atoms with Crippen molar-refractivity contribution in [2.75, 3.05) is 37.3 Å². The average molecular weight is 479 g/mol. The number of aromatic hydroxyl groups is 1. The van der Waals surface area contributed by atoms with E-state index in [-0.39, 0.29) is 22.5 Å². The summed E-state index contributed by atoms with van der Waals surface area (Å²) < 4.78 is 12.0. The van der Waals surface area contributed by atoms with Gasteiger partial charge in [0.05, 0.1) is 13.7 Å². The lowest BCUT2D eigenvalue weighted by Gasteiger charge is -2.44. The fourth-order valence-corrected chi connectivity index (χ4v) is 4.29. The van der Waals surface area contributed by atoms with Gasteiger partial charge < -0.3 is 25.1 Å². The summed E-state index contributed by atoms with van der Waals surface area (Å²) in [6, 6.07) is 5.35. The molecule has 0 aliphatic rings. The maximum atomic E-state index is 9.80. The molecule has 7 nitrogen and oxygen atoms in total. The van der Waals surface area contributed by atoms with E-state index in [0.29, 0.717) is 18.8 Å². The molecule has 0 fully saturated rings. The number of aryl methyl sites for hydroxylation is 1. The molecule has 186 valence electrons. The number of ether oxygens (including phenoxy) is 1. The number of phenols is 1. The van der Waals surface area contributed by atoms with Gasteiger partial charge in [0.15, 0.2) is 0 Å². The normalized spacial score (nSPS) is 13.6. The number of nitrogens with one attached hydrogen (secondary N) is 1. The predicted octanol–water partition coefficient (Wildman–Crippen LogP) is 5.44. The molecule has 0 radical (unpaired) electrons. The minimum atomic E-state index is -1.16. The molecule has 0 aliphatic carbocycles. The molecule has 8 heteroatoms. The largest absolute Gasteiger partial charge is 0.508 e. The Kier molecular flexibility index (Phi) is 9.26. The van der Waals surface area contributed by atoms with Gasteiger partial charge in [-0.2, -0.15) is 4.98 Å². The molecule has 0 aliphatic heterocycles. The number of hydrogen-bond donors (Lipinski definition) is 3. The number of aromatic nitrogens is 2. The first kappa shape index (κ1) is 27.1. The monoisotopic (exact) mass is 478 g/mol. The minimum Gasteiger partial charge on any atom is -0.508 e. The molecule has 0 spiro atoms. The number of rotatable bonds is 11. The van der Waals surface area contributed by atoms with Gasteiger partial charge >= 0.3 is 0 Å². The van der Waals surface area contributed by atoms with Crippen molar-refractivity contribution >= 4 is 22.1 Å². The molecule has 2 rings (SSSR count). The Balaban J connectivity index is 2.25.